The van der Waals surface area contributed by atoms with Crippen molar-refractivity contribution in [2.24, 2.45) is 0 Å². The van der Waals surface area contributed by atoms with Gasteiger partial charge in [0.25, 0.3) is 5.56 Å². The largest absolute Gasteiger partial charge is 0.489 e. The molecule has 2 aromatic heterocycles. The van der Waals surface area contributed by atoms with Crippen molar-refractivity contribution in [3.8, 4) is 21.9 Å². The van der Waals surface area contributed by atoms with Crippen molar-refractivity contribution in [2.45, 2.75) is 19.4 Å². The van der Waals surface area contributed by atoms with Crippen LogP contribution in [0.25, 0.3) is 26.3 Å². The summed E-state index contributed by atoms with van der Waals surface area (Å²) < 4.78 is 7.57. The maximum Gasteiger partial charge on any atom is 0.275 e. The topological polar surface area (TPSA) is 64.3 Å². The van der Waals surface area contributed by atoms with Crippen LogP contribution in [0.4, 0.5) is 0 Å². The number of ether oxygens (including phenoxy) is 1. The molecule has 4 rings (SSSR count). The average molecular weight is 461 g/mol. The van der Waals surface area contributed by atoms with Gasteiger partial charge in [-0.1, -0.05) is 35.3 Å². The van der Waals surface area contributed by atoms with Gasteiger partial charge < -0.3 is 9.84 Å². The molecule has 8 heteroatoms. The second-order valence-electron chi connectivity index (χ2n) is 7.47. The molecule has 0 saturated carbocycles. The molecule has 0 bridgehead atoms. The molecule has 30 heavy (non-hydrogen) atoms. The Morgan fingerprint density at radius 2 is 1.87 bits per heavy atom. The number of thiophene rings is 1. The van der Waals surface area contributed by atoms with Gasteiger partial charge in [0.05, 0.1) is 21.8 Å². The summed E-state index contributed by atoms with van der Waals surface area (Å²) in [6.07, 6.45) is 1.49. The smallest absolute Gasteiger partial charge is 0.275 e. The van der Waals surface area contributed by atoms with E-state index >= 15 is 0 Å². The van der Waals surface area contributed by atoms with E-state index in [0.717, 1.165) is 10.4 Å². The minimum absolute atomic E-state index is 0.0994. The maximum absolute atomic E-state index is 13.1. The summed E-state index contributed by atoms with van der Waals surface area (Å²) in [4.78, 5) is 18.5. The molecule has 4 aromatic rings. The first kappa shape index (κ1) is 20.9. The molecule has 2 heterocycles. The van der Waals surface area contributed by atoms with E-state index in [0.29, 0.717) is 31.7 Å². The summed E-state index contributed by atoms with van der Waals surface area (Å²) in [5.74, 6) is 0.436. The Morgan fingerprint density at radius 1 is 1.13 bits per heavy atom. The third kappa shape index (κ3) is 4.37. The molecule has 2 aromatic carbocycles. The Kier molecular flexibility index (Phi) is 5.59. The molecule has 0 saturated heterocycles. The molecule has 1 N–H and O–H groups in total. The fraction of sp³-hybridized carbons (Fsp3) is 0.182. The normalized spacial score (nSPS) is 11.8. The number of hydrogen-bond donors (Lipinski definition) is 1. The van der Waals surface area contributed by atoms with Crippen molar-refractivity contribution in [3.05, 3.63) is 75.3 Å². The van der Waals surface area contributed by atoms with E-state index in [2.05, 4.69) is 4.98 Å². The lowest BCUT2D eigenvalue weighted by atomic mass is 10.2. The van der Waals surface area contributed by atoms with E-state index < -0.39 is 5.60 Å². The number of benzene rings is 2. The third-order valence-corrected chi connectivity index (χ3v) is 6.05. The van der Waals surface area contributed by atoms with Crippen LogP contribution >= 0.6 is 34.5 Å². The highest BCUT2D eigenvalue weighted by Crippen LogP contribution is 2.32. The van der Waals surface area contributed by atoms with E-state index in [1.54, 1.807) is 32.0 Å². The minimum Gasteiger partial charge on any atom is -0.489 e. The van der Waals surface area contributed by atoms with Crippen LogP contribution in [0, 0.1) is 0 Å². The summed E-state index contributed by atoms with van der Waals surface area (Å²) in [5, 5.41) is 10.8. The predicted molar refractivity (Wildman–Crippen MR) is 122 cm³/mol. The van der Waals surface area contributed by atoms with Gasteiger partial charge in [0, 0.05) is 9.90 Å². The molecule has 0 aliphatic carbocycles. The van der Waals surface area contributed by atoms with Crippen LogP contribution in [0.3, 0.4) is 0 Å². The van der Waals surface area contributed by atoms with Gasteiger partial charge in [0.15, 0.2) is 0 Å². The first-order valence-electron chi connectivity index (χ1n) is 9.13. The fourth-order valence-corrected chi connectivity index (χ4v) is 4.27. The van der Waals surface area contributed by atoms with Crippen molar-refractivity contribution in [2.75, 3.05) is 6.61 Å². The Labute approximate surface area is 187 Å². The molecule has 0 unspecified atom stereocenters. The van der Waals surface area contributed by atoms with Gasteiger partial charge in [-0.2, -0.15) is 0 Å². The Morgan fingerprint density at radius 3 is 2.53 bits per heavy atom. The van der Waals surface area contributed by atoms with Gasteiger partial charge in [-0.3, -0.25) is 9.36 Å². The van der Waals surface area contributed by atoms with Crippen LogP contribution < -0.4 is 10.3 Å². The summed E-state index contributed by atoms with van der Waals surface area (Å²) >= 11 is 13.7. The number of rotatable bonds is 5. The lowest BCUT2D eigenvalue weighted by Gasteiger charge is -2.18. The first-order chi connectivity index (χ1) is 14.2. The average Bonchev–Trinajstić information content (AvgIpc) is 3.12. The number of nitrogens with zero attached hydrogens (tertiary/aromatic N) is 2. The summed E-state index contributed by atoms with van der Waals surface area (Å²) in [7, 11) is 0. The van der Waals surface area contributed by atoms with Gasteiger partial charge in [-0.05, 0) is 55.8 Å². The van der Waals surface area contributed by atoms with Gasteiger partial charge in [0.2, 0.25) is 0 Å². The highest BCUT2D eigenvalue weighted by Gasteiger charge is 2.16. The monoisotopic (exact) mass is 460 g/mol. The van der Waals surface area contributed by atoms with Gasteiger partial charge in [0.1, 0.15) is 23.4 Å². The highest BCUT2D eigenvalue weighted by atomic mass is 35.5. The molecule has 154 valence electrons. The van der Waals surface area contributed by atoms with E-state index in [1.165, 1.54) is 22.2 Å². The molecule has 0 aliphatic rings. The second-order valence-corrected chi connectivity index (χ2v) is 9.36. The van der Waals surface area contributed by atoms with Crippen LogP contribution in [-0.4, -0.2) is 26.9 Å². The van der Waals surface area contributed by atoms with Crippen LogP contribution in [0.1, 0.15) is 13.8 Å². The van der Waals surface area contributed by atoms with Crippen molar-refractivity contribution in [3.63, 3.8) is 0 Å². The van der Waals surface area contributed by atoms with Gasteiger partial charge in [-0.25, -0.2) is 4.98 Å². The van der Waals surface area contributed by atoms with Crippen LogP contribution in [-0.2, 0) is 0 Å². The SMILES string of the molecule is CC(C)(O)COc1ccc(-n2cnc3cc(-c4ccc(Cl)cc4)sc3c2=O)cc1Cl. The zero-order valence-electron chi connectivity index (χ0n) is 16.2. The zero-order valence-corrected chi connectivity index (χ0v) is 18.6. The Bertz CT molecular complexity index is 1270. The molecule has 5 nitrogen and oxygen atoms in total. The molecular formula is C22H18Cl2N2O3S. The molecule has 0 aliphatic heterocycles. The summed E-state index contributed by atoms with van der Waals surface area (Å²) in [5.41, 5.74) is 1.05. The number of aromatic nitrogens is 2. The molecule has 0 fully saturated rings. The quantitative estimate of drug-likeness (QED) is 0.422. The highest BCUT2D eigenvalue weighted by molar-refractivity contribution is 7.22. The number of halogens is 2. The van der Waals surface area contributed by atoms with Gasteiger partial charge in [-0.15, -0.1) is 11.3 Å². The van der Waals surface area contributed by atoms with Crippen molar-refractivity contribution in [1.82, 2.24) is 9.55 Å². The molecule has 0 atom stereocenters. The maximum atomic E-state index is 13.1. The number of hydrogen-bond acceptors (Lipinski definition) is 5. The number of fused-ring (bicyclic) bond motifs is 1. The fourth-order valence-electron chi connectivity index (χ4n) is 2.86. The summed E-state index contributed by atoms with van der Waals surface area (Å²) in [6, 6.07) is 14.4. The lowest BCUT2D eigenvalue weighted by Crippen LogP contribution is -2.28. The van der Waals surface area contributed by atoms with E-state index in [-0.39, 0.29) is 12.2 Å². The molecule has 0 spiro atoms. The summed E-state index contributed by atoms with van der Waals surface area (Å²) in [6.45, 7) is 3.40. The van der Waals surface area contributed by atoms with E-state index in [9.17, 15) is 9.90 Å². The first-order valence-corrected chi connectivity index (χ1v) is 10.7. The van der Waals surface area contributed by atoms with Crippen molar-refractivity contribution in [1.29, 1.82) is 0 Å². The second kappa shape index (κ2) is 8.04. The number of aliphatic hydroxyl groups is 1. The lowest BCUT2D eigenvalue weighted by molar-refractivity contribution is 0.0285. The molecule has 0 radical (unpaired) electrons. The van der Waals surface area contributed by atoms with E-state index in [1.807, 2.05) is 30.3 Å². The Balaban J connectivity index is 1.69. The standard InChI is InChI=1S/C22H18Cl2N2O3S/c1-22(2,28)11-29-18-8-7-15(9-16(18)24)26-12-25-17-10-19(30-20(17)21(26)27)13-3-5-14(23)6-4-13/h3-10,12,28H,11H2,1-2H3. The molecule has 0 amide bonds. The Hall–Kier alpha value is -2.38. The van der Waals surface area contributed by atoms with Gasteiger partial charge >= 0.3 is 0 Å². The van der Waals surface area contributed by atoms with E-state index in [4.69, 9.17) is 27.9 Å². The molecular weight excluding hydrogens is 443 g/mol. The van der Waals surface area contributed by atoms with Crippen LogP contribution in [0.5, 0.6) is 5.75 Å². The van der Waals surface area contributed by atoms with Crippen LogP contribution in [0.15, 0.2) is 59.7 Å². The van der Waals surface area contributed by atoms with Crippen molar-refractivity contribution < 1.29 is 9.84 Å². The zero-order chi connectivity index (χ0) is 21.5. The predicted octanol–water partition coefficient (Wildman–Crippen LogP) is 5.57. The minimum atomic E-state index is -0.977. The van der Waals surface area contributed by atoms with Crippen LogP contribution in [0.2, 0.25) is 10.0 Å². The van der Waals surface area contributed by atoms with Crippen molar-refractivity contribution >= 4 is 44.8 Å². The third-order valence-electron chi connectivity index (χ3n) is 4.34.